The van der Waals surface area contributed by atoms with Gasteiger partial charge in [-0.1, -0.05) is 76.9 Å². The van der Waals surface area contributed by atoms with E-state index in [4.69, 9.17) is 4.55 Å². The summed E-state index contributed by atoms with van der Waals surface area (Å²) < 4.78 is 29.4. The van der Waals surface area contributed by atoms with E-state index in [0.717, 1.165) is 12.8 Å². The molecule has 0 aliphatic heterocycles. The molecule has 0 radical (unpaired) electrons. The average Bonchev–Trinajstić information content (AvgIpc) is 2.34. The minimum absolute atomic E-state index is 0.259. The Labute approximate surface area is 119 Å². The minimum Gasteiger partial charge on any atom is -0.285 e. The van der Waals surface area contributed by atoms with Gasteiger partial charge in [0.1, 0.15) is 0 Å². The van der Waals surface area contributed by atoms with Crippen molar-refractivity contribution in [2.75, 3.05) is 5.75 Å². The highest BCUT2D eigenvalue weighted by Gasteiger charge is 1.98. The van der Waals surface area contributed by atoms with Crippen LogP contribution in [0, 0.1) is 0 Å². The maximum atomic E-state index is 10.4. The molecule has 19 heavy (non-hydrogen) atoms. The molecule has 0 aromatic heterocycles. The summed E-state index contributed by atoms with van der Waals surface area (Å²) in [5.41, 5.74) is 0. The highest BCUT2D eigenvalue weighted by atomic mass is 32.2. The van der Waals surface area contributed by atoms with Crippen LogP contribution in [-0.2, 0) is 10.1 Å². The second-order valence-corrected chi connectivity index (χ2v) is 6.69. The highest BCUT2D eigenvalue weighted by molar-refractivity contribution is 7.85. The van der Waals surface area contributed by atoms with Crippen molar-refractivity contribution in [2.45, 2.75) is 77.6 Å². The van der Waals surface area contributed by atoms with Gasteiger partial charge in [0.15, 0.2) is 0 Å². The van der Waals surface area contributed by atoms with Crippen molar-refractivity contribution in [1.29, 1.82) is 0 Å². The molecule has 0 aromatic carbocycles. The van der Waals surface area contributed by atoms with Crippen LogP contribution >= 0.6 is 0 Å². The van der Waals surface area contributed by atoms with Crippen LogP contribution in [-0.4, -0.2) is 18.7 Å². The van der Waals surface area contributed by atoms with Gasteiger partial charge in [0.05, 0.1) is 5.75 Å². The van der Waals surface area contributed by atoms with Gasteiger partial charge in [-0.3, -0.25) is 4.55 Å². The monoisotopic (exact) mass is 290 g/mol. The fraction of sp³-hybridized carbons (Fsp3) is 0.867. The summed E-state index contributed by atoms with van der Waals surface area (Å²) in [7, 11) is -3.83. The Bertz CT molecular complexity index is 307. The maximum Gasteiger partial charge on any atom is 0.268 e. The van der Waals surface area contributed by atoms with Gasteiger partial charge < -0.3 is 0 Å². The molecule has 0 bridgehead atoms. The van der Waals surface area contributed by atoms with E-state index >= 15 is 0 Å². The molecule has 0 amide bonds. The van der Waals surface area contributed by atoms with Crippen molar-refractivity contribution in [2.24, 2.45) is 0 Å². The Hall–Kier alpha value is -0.350. The Balaban J connectivity index is 3.15. The van der Waals surface area contributed by atoms with Gasteiger partial charge in [0.25, 0.3) is 10.1 Å². The van der Waals surface area contributed by atoms with Crippen LogP contribution in [0.2, 0.25) is 0 Å². The number of hydrogen-bond donors (Lipinski definition) is 1. The van der Waals surface area contributed by atoms with E-state index in [1.807, 2.05) is 6.08 Å². The molecule has 4 heteroatoms. The van der Waals surface area contributed by atoms with Crippen molar-refractivity contribution in [3.8, 4) is 0 Å². The fourth-order valence-electron chi connectivity index (χ4n) is 2.06. The number of unbranched alkanes of at least 4 members (excludes halogenated alkanes) is 10. The molecule has 0 saturated carbocycles. The van der Waals surface area contributed by atoms with E-state index in [-0.39, 0.29) is 5.75 Å². The zero-order chi connectivity index (χ0) is 14.4. The lowest BCUT2D eigenvalue weighted by molar-refractivity contribution is 0.486. The summed E-state index contributed by atoms with van der Waals surface area (Å²) >= 11 is 0. The molecule has 3 nitrogen and oxygen atoms in total. The molecule has 0 atom stereocenters. The standard InChI is InChI=1S/C15H30O3S/c1-2-3-4-5-6-7-8-9-10-11-12-13-14-15-19(16,17)18/h13-14H,2-12,15H2,1H3,(H,16,17,18)/b14-13+. The first kappa shape index (κ1) is 18.7. The molecule has 0 unspecified atom stereocenters. The first-order valence-corrected chi connectivity index (χ1v) is 9.27. The topological polar surface area (TPSA) is 54.4 Å². The van der Waals surface area contributed by atoms with Crippen LogP contribution in [0.3, 0.4) is 0 Å². The lowest BCUT2D eigenvalue weighted by Crippen LogP contribution is -1.99. The molecule has 1 N–H and O–H groups in total. The second-order valence-electron chi connectivity index (χ2n) is 5.19. The Kier molecular flexibility index (Phi) is 12.4. The molecule has 0 aliphatic rings. The van der Waals surface area contributed by atoms with Gasteiger partial charge in [-0.25, -0.2) is 0 Å². The van der Waals surface area contributed by atoms with Gasteiger partial charge in [0, 0.05) is 0 Å². The first-order chi connectivity index (χ1) is 9.06. The molecule has 0 spiro atoms. The number of allylic oxidation sites excluding steroid dienone is 1. The van der Waals surface area contributed by atoms with Gasteiger partial charge in [-0.05, 0) is 12.8 Å². The summed E-state index contributed by atoms with van der Waals surface area (Å²) in [4.78, 5) is 0. The van der Waals surface area contributed by atoms with Gasteiger partial charge in [-0.2, -0.15) is 8.42 Å². The number of hydrogen-bond acceptors (Lipinski definition) is 2. The third-order valence-corrected chi connectivity index (χ3v) is 3.81. The molecule has 0 aliphatic carbocycles. The van der Waals surface area contributed by atoms with Crippen molar-refractivity contribution in [1.82, 2.24) is 0 Å². The minimum atomic E-state index is -3.83. The van der Waals surface area contributed by atoms with Crippen LogP contribution < -0.4 is 0 Å². The molecule has 0 fully saturated rings. The van der Waals surface area contributed by atoms with E-state index in [1.54, 1.807) is 0 Å². The molecule has 0 heterocycles. The molecular weight excluding hydrogens is 260 g/mol. The van der Waals surface area contributed by atoms with Gasteiger partial charge >= 0.3 is 0 Å². The van der Waals surface area contributed by atoms with Crippen molar-refractivity contribution < 1.29 is 13.0 Å². The third kappa shape index (κ3) is 17.6. The Morgan fingerprint density at radius 1 is 0.789 bits per heavy atom. The van der Waals surface area contributed by atoms with Gasteiger partial charge in [0.2, 0.25) is 0 Å². The molecular formula is C15H30O3S. The summed E-state index contributed by atoms with van der Waals surface area (Å²) in [5.74, 6) is -0.259. The largest absolute Gasteiger partial charge is 0.285 e. The highest BCUT2D eigenvalue weighted by Crippen LogP contribution is 2.11. The van der Waals surface area contributed by atoms with Crippen LogP contribution in [0.1, 0.15) is 77.6 Å². The smallest absolute Gasteiger partial charge is 0.268 e. The normalized spacial score (nSPS) is 12.3. The van der Waals surface area contributed by atoms with Crippen molar-refractivity contribution in [3.05, 3.63) is 12.2 Å². The Morgan fingerprint density at radius 3 is 1.74 bits per heavy atom. The van der Waals surface area contributed by atoms with Crippen LogP contribution in [0.4, 0.5) is 0 Å². The molecule has 0 rings (SSSR count). The van der Waals surface area contributed by atoms with Crippen LogP contribution in [0.25, 0.3) is 0 Å². The quantitative estimate of drug-likeness (QED) is 0.303. The summed E-state index contributed by atoms with van der Waals surface area (Å²) in [6.07, 6.45) is 17.4. The zero-order valence-electron chi connectivity index (χ0n) is 12.3. The van der Waals surface area contributed by atoms with Crippen LogP contribution in [0.5, 0.6) is 0 Å². The maximum absolute atomic E-state index is 10.4. The van der Waals surface area contributed by atoms with Crippen LogP contribution in [0.15, 0.2) is 12.2 Å². The predicted octanol–water partition coefficient (Wildman–Crippen LogP) is 4.74. The lowest BCUT2D eigenvalue weighted by Gasteiger charge is -2.01. The fourth-order valence-corrected chi connectivity index (χ4v) is 2.44. The van der Waals surface area contributed by atoms with Gasteiger partial charge in [-0.15, -0.1) is 0 Å². The van der Waals surface area contributed by atoms with Crippen molar-refractivity contribution in [3.63, 3.8) is 0 Å². The van der Waals surface area contributed by atoms with E-state index in [9.17, 15) is 8.42 Å². The molecule has 0 saturated heterocycles. The van der Waals surface area contributed by atoms with E-state index in [0.29, 0.717) is 0 Å². The summed E-state index contributed by atoms with van der Waals surface area (Å²) in [6.45, 7) is 2.24. The second kappa shape index (κ2) is 12.7. The predicted molar refractivity (Wildman–Crippen MR) is 82.0 cm³/mol. The summed E-state index contributed by atoms with van der Waals surface area (Å²) in [6, 6.07) is 0. The number of rotatable bonds is 13. The zero-order valence-corrected chi connectivity index (χ0v) is 13.1. The molecule has 114 valence electrons. The van der Waals surface area contributed by atoms with E-state index < -0.39 is 10.1 Å². The summed E-state index contributed by atoms with van der Waals surface area (Å²) in [5, 5.41) is 0. The average molecular weight is 290 g/mol. The Morgan fingerprint density at radius 2 is 1.26 bits per heavy atom. The molecule has 0 aromatic rings. The first-order valence-electron chi connectivity index (χ1n) is 7.66. The SMILES string of the molecule is CCCCCCCCCCCC/C=C/CS(=O)(=O)O. The lowest BCUT2D eigenvalue weighted by atomic mass is 10.1. The van der Waals surface area contributed by atoms with E-state index in [2.05, 4.69) is 6.92 Å². The third-order valence-electron chi connectivity index (χ3n) is 3.20. The van der Waals surface area contributed by atoms with E-state index in [1.165, 1.54) is 63.9 Å². The van der Waals surface area contributed by atoms with Crippen molar-refractivity contribution >= 4 is 10.1 Å².